The van der Waals surface area contributed by atoms with Crippen molar-refractivity contribution in [3.63, 3.8) is 0 Å². The number of sulfonamides is 1. The molecule has 0 N–H and O–H groups in total. The maximum Gasteiger partial charge on any atom is 0.251 e. The summed E-state index contributed by atoms with van der Waals surface area (Å²) in [7, 11) is -3.71. The van der Waals surface area contributed by atoms with Crippen molar-refractivity contribution in [2.24, 2.45) is 0 Å². The van der Waals surface area contributed by atoms with Crippen LogP contribution in [-0.2, 0) is 16.6 Å². The fourth-order valence-electron chi connectivity index (χ4n) is 3.37. The second-order valence-electron chi connectivity index (χ2n) is 6.97. The summed E-state index contributed by atoms with van der Waals surface area (Å²) in [6, 6.07) is 6.92. The average Bonchev–Trinajstić information content (AvgIpc) is 3.27. The summed E-state index contributed by atoms with van der Waals surface area (Å²) >= 11 is 0. The molecule has 3 heterocycles. The normalized spacial score (nSPS) is 16.4. The van der Waals surface area contributed by atoms with E-state index in [0.29, 0.717) is 50.3 Å². The zero-order valence-corrected chi connectivity index (χ0v) is 16.9. The molecule has 154 valence electrons. The fraction of sp³-hybridized carbons (Fsp3) is 0.368. The van der Waals surface area contributed by atoms with Crippen molar-refractivity contribution in [3.05, 3.63) is 53.6 Å². The molecule has 8 nitrogen and oxygen atoms in total. The molecular formula is C19H21FN4O4S. The molecule has 0 radical (unpaired) electrons. The van der Waals surface area contributed by atoms with E-state index in [9.17, 15) is 12.8 Å². The topological polar surface area (TPSA) is 92.7 Å². The van der Waals surface area contributed by atoms with Gasteiger partial charge in [0.15, 0.2) is 0 Å². The number of aryl methyl sites for hydroxylation is 2. The molecular weight excluding hydrogens is 399 g/mol. The Morgan fingerprint density at radius 1 is 1.07 bits per heavy atom. The predicted molar refractivity (Wildman–Crippen MR) is 102 cm³/mol. The van der Waals surface area contributed by atoms with E-state index in [2.05, 4.69) is 10.2 Å². The van der Waals surface area contributed by atoms with Gasteiger partial charge in [-0.05, 0) is 38.1 Å². The largest absolute Gasteiger partial charge is 0.466 e. The summed E-state index contributed by atoms with van der Waals surface area (Å²) in [4.78, 5) is 2.01. The van der Waals surface area contributed by atoms with Crippen LogP contribution in [0.1, 0.15) is 17.4 Å². The highest BCUT2D eigenvalue weighted by Gasteiger charge is 2.29. The highest BCUT2D eigenvalue weighted by atomic mass is 32.2. The van der Waals surface area contributed by atoms with Gasteiger partial charge in [-0.2, -0.15) is 4.31 Å². The Hall–Kier alpha value is -2.56. The first-order chi connectivity index (χ1) is 13.8. The minimum absolute atomic E-state index is 0.0294. The Balaban J connectivity index is 1.39. The first-order valence-corrected chi connectivity index (χ1v) is 10.6. The van der Waals surface area contributed by atoms with Crippen LogP contribution in [0, 0.1) is 19.7 Å². The van der Waals surface area contributed by atoms with E-state index in [1.54, 1.807) is 0 Å². The Labute approximate surface area is 168 Å². The monoisotopic (exact) mass is 420 g/mol. The third-order valence-corrected chi connectivity index (χ3v) is 6.76. The lowest BCUT2D eigenvalue weighted by molar-refractivity contribution is 0.168. The first-order valence-electron chi connectivity index (χ1n) is 9.21. The van der Waals surface area contributed by atoms with Gasteiger partial charge >= 0.3 is 0 Å². The Morgan fingerprint density at radius 3 is 2.48 bits per heavy atom. The van der Waals surface area contributed by atoms with E-state index in [0.717, 1.165) is 17.4 Å². The summed E-state index contributed by atoms with van der Waals surface area (Å²) in [5.41, 5.74) is 0.771. The minimum atomic E-state index is -3.71. The van der Waals surface area contributed by atoms with Crippen LogP contribution >= 0.6 is 0 Å². The van der Waals surface area contributed by atoms with Gasteiger partial charge in [-0.3, -0.25) is 4.90 Å². The lowest BCUT2D eigenvalue weighted by Crippen LogP contribution is -2.48. The van der Waals surface area contributed by atoms with E-state index in [-0.39, 0.29) is 4.90 Å². The van der Waals surface area contributed by atoms with Gasteiger partial charge < -0.3 is 8.83 Å². The summed E-state index contributed by atoms with van der Waals surface area (Å²) in [6.07, 6.45) is 0. The summed E-state index contributed by atoms with van der Waals surface area (Å²) in [5.74, 6) is 1.78. The molecule has 4 rings (SSSR count). The summed E-state index contributed by atoms with van der Waals surface area (Å²) in [5, 5.41) is 8.17. The van der Waals surface area contributed by atoms with Gasteiger partial charge in [-0.15, -0.1) is 10.2 Å². The van der Waals surface area contributed by atoms with Crippen LogP contribution in [0.4, 0.5) is 4.39 Å². The summed E-state index contributed by atoms with van der Waals surface area (Å²) < 4.78 is 51.4. The smallest absolute Gasteiger partial charge is 0.251 e. The van der Waals surface area contributed by atoms with E-state index >= 15 is 0 Å². The molecule has 3 aromatic rings. The first kappa shape index (κ1) is 19.7. The van der Waals surface area contributed by atoms with E-state index in [1.165, 1.54) is 22.5 Å². The second-order valence-corrected chi connectivity index (χ2v) is 8.90. The number of rotatable bonds is 5. The molecule has 0 spiro atoms. The molecule has 1 saturated heterocycles. The molecule has 0 amide bonds. The lowest BCUT2D eigenvalue weighted by Gasteiger charge is -2.33. The Morgan fingerprint density at radius 2 is 1.83 bits per heavy atom. The van der Waals surface area contributed by atoms with Crippen molar-refractivity contribution in [2.75, 3.05) is 26.2 Å². The maximum atomic E-state index is 13.4. The van der Waals surface area contributed by atoms with Crippen LogP contribution in [0.3, 0.4) is 0 Å². The number of furan rings is 1. The molecule has 0 saturated carbocycles. The minimum Gasteiger partial charge on any atom is -0.466 e. The fourth-order valence-corrected chi connectivity index (χ4v) is 4.82. The molecule has 1 fully saturated rings. The van der Waals surface area contributed by atoms with Gasteiger partial charge in [0.2, 0.25) is 15.9 Å². The highest BCUT2D eigenvalue weighted by molar-refractivity contribution is 7.89. The second kappa shape index (κ2) is 7.69. The molecule has 0 aliphatic carbocycles. The predicted octanol–water partition coefficient (Wildman–Crippen LogP) is 2.59. The van der Waals surface area contributed by atoms with Crippen molar-refractivity contribution < 1.29 is 21.6 Å². The lowest BCUT2D eigenvalue weighted by atomic mass is 10.2. The van der Waals surface area contributed by atoms with Crippen LogP contribution in [0.15, 0.2) is 44.1 Å². The third-order valence-electron chi connectivity index (χ3n) is 4.86. The molecule has 0 atom stereocenters. The Kier molecular flexibility index (Phi) is 5.24. The molecule has 2 aromatic heterocycles. The quantitative estimate of drug-likeness (QED) is 0.626. The number of piperazine rings is 1. The van der Waals surface area contributed by atoms with E-state index < -0.39 is 15.8 Å². The van der Waals surface area contributed by atoms with Gasteiger partial charge in [0.25, 0.3) is 5.89 Å². The molecule has 1 aliphatic rings. The van der Waals surface area contributed by atoms with Crippen molar-refractivity contribution in [3.8, 4) is 11.5 Å². The van der Waals surface area contributed by atoms with Crippen LogP contribution in [-0.4, -0.2) is 54.0 Å². The van der Waals surface area contributed by atoms with E-state index in [4.69, 9.17) is 8.83 Å². The number of benzene rings is 1. The van der Waals surface area contributed by atoms with Crippen molar-refractivity contribution in [2.45, 2.75) is 25.3 Å². The number of nitrogens with zero attached hydrogens (tertiary/aromatic N) is 4. The molecule has 0 unspecified atom stereocenters. The van der Waals surface area contributed by atoms with Gasteiger partial charge in [-0.1, -0.05) is 6.07 Å². The third kappa shape index (κ3) is 4.09. The zero-order chi connectivity index (χ0) is 20.6. The van der Waals surface area contributed by atoms with Crippen LogP contribution < -0.4 is 0 Å². The van der Waals surface area contributed by atoms with Crippen LogP contribution in [0.5, 0.6) is 0 Å². The molecule has 1 aromatic carbocycles. The summed E-state index contributed by atoms with van der Waals surface area (Å²) in [6.45, 7) is 5.75. The average molecular weight is 420 g/mol. The number of aromatic nitrogens is 2. The molecule has 29 heavy (non-hydrogen) atoms. The Bertz CT molecular complexity index is 1120. The molecule has 10 heteroatoms. The van der Waals surface area contributed by atoms with Crippen LogP contribution in [0.2, 0.25) is 0 Å². The van der Waals surface area contributed by atoms with E-state index in [1.807, 2.05) is 24.8 Å². The molecule has 1 aliphatic heterocycles. The number of halogens is 1. The number of hydrogen-bond acceptors (Lipinski definition) is 7. The van der Waals surface area contributed by atoms with Gasteiger partial charge in [0.1, 0.15) is 17.3 Å². The maximum absolute atomic E-state index is 13.4. The highest BCUT2D eigenvalue weighted by Crippen LogP contribution is 2.26. The van der Waals surface area contributed by atoms with Crippen molar-refractivity contribution in [1.82, 2.24) is 19.4 Å². The van der Waals surface area contributed by atoms with Gasteiger partial charge in [-0.25, -0.2) is 12.8 Å². The van der Waals surface area contributed by atoms with Crippen molar-refractivity contribution >= 4 is 10.0 Å². The van der Waals surface area contributed by atoms with Gasteiger partial charge in [0, 0.05) is 26.2 Å². The van der Waals surface area contributed by atoms with Crippen molar-refractivity contribution in [1.29, 1.82) is 0 Å². The number of hydrogen-bond donors (Lipinski definition) is 0. The standard InChI is InChI=1S/C19H21FN4O4S/c1-13-10-17(14(2)27-13)19-22-21-18(28-19)12-23-6-8-24(9-7-23)29(25,26)16-5-3-4-15(20)11-16/h3-5,10-11H,6-9,12H2,1-2H3. The zero-order valence-electron chi connectivity index (χ0n) is 16.1. The van der Waals surface area contributed by atoms with Crippen LogP contribution in [0.25, 0.3) is 11.5 Å². The molecule has 0 bridgehead atoms. The SMILES string of the molecule is Cc1cc(-c2nnc(CN3CCN(S(=O)(=O)c4cccc(F)c4)CC3)o2)c(C)o1. The van der Waals surface area contributed by atoms with Gasteiger partial charge in [0.05, 0.1) is 17.0 Å².